The van der Waals surface area contributed by atoms with Crippen molar-refractivity contribution in [3.8, 4) is 11.6 Å². The van der Waals surface area contributed by atoms with Crippen LogP contribution >= 0.6 is 11.6 Å². The normalized spacial score (nSPS) is 21.6. The molecule has 4 rings (SSSR count). The number of nitrogens with zero attached hydrogens (tertiary/aromatic N) is 3. The maximum Gasteiger partial charge on any atom is 0.408 e. The minimum absolute atomic E-state index is 0.0441. The lowest BCUT2D eigenvalue weighted by Gasteiger charge is -2.38. The van der Waals surface area contributed by atoms with E-state index in [1.807, 2.05) is 26.8 Å². The molecule has 2 fully saturated rings. The highest BCUT2D eigenvalue weighted by Gasteiger charge is 2.53. The first-order chi connectivity index (χ1) is 23.2. The van der Waals surface area contributed by atoms with Crippen LogP contribution in [0.15, 0.2) is 30.9 Å². The van der Waals surface area contributed by atoms with E-state index in [4.69, 9.17) is 30.5 Å². The molecule has 0 bridgehead atoms. The van der Waals surface area contributed by atoms with Crippen molar-refractivity contribution in [1.82, 2.24) is 20.2 Å². The molecule has 1 saturated heterocycles. The summed E-state index contributed by atoms with van der Waals surface area (Å²) in [6.07, 6.45) is 8.28. The third-order valence-corrected chi connectivity index (χ3v) is 9.82. The quantitative estimate of drug-likeness (QED) is 0.122. The molecule has 1 aliphatic carbocycles. The van der Waals surface area contributed by atoms with Crippen LogP contribution in [0, 0.1) is 11.3 Å². The Balaban J connectivity index is 1.59. The predicted molar refractivity (Wildman–Crippen MR) is 189 cm³/mol. The van der Waals surface area contributed by atoms with E-state index in [9.17, 15) is 14.4 Å². The molecule has 2 heterocycles. The van der Waals surface area contributed by atoms with Crippen LogP contribution in [0.1, 0.15) is 99.3 Å². The minimum Gasteiger partial charge on any atom is -0.497 e. The number of fused-ring (bicyclic) bond motifs is 1. The number of allylic oxidation sites excluding steroid dienone is 1. The fourth-order valence-electron chi connectivity index (χ4n) is 6.84. The van der Waals surface area contributed by atoms with Crippen molar-refractivity contribution in [3.05, 3.63) is 36.0 Å². The van der Waals surface area contributed by atoms with Gasteiger partial charge in [0.05, 0.1) is 24.7 Å². The smallest absolute Gasteiger partial charge is 0.408 e. The van der Waals surface area contributed by atoms with Crippen molar-refractivity contribution in [2.24, 2.45) is 11.3 Å². The van der Waals surface area contributed by atoms with Gasteiger partial charge in [-0.05, 0) is 83.8 Å². The van der Waals surface area contributed by atoms with Gasteiger partial charge in [0.15, 0.2) is 5.15 Å². The van der Waals surface area contributed by atoms with Gasteiger partial charge in [-0.3, -0.25) is 4.79 Å². The van der Waals surface area contributed by atoms with E-state index in [1.165, 1.54) is 4.90 Å². The molecule has 0 unspecified atom stereocenters. The molecule has 2 aromatic rings. The Morgan fingerprint density at radius 1 is 1.14 bits per heavy atom. The van der Waals surface area contributed by atoms with Crippen molar-refractivity contribution in [2.45, 2.75) is 129 Å². The van der Waals surface area contributed by atoms with Crippen LogP contribution in [0.5, 0.6) is 11.6 Å². The third kappa shape index (κ3) is 9.77. The average Bonchev–Trinajstić information content (AvgIpc) is 3.62. The van der Waals surface area contributed by atoms with Gasteiger partial charge in [0.25, 0.3) is 5.88 Å². The average molecular weight is 701 g/mol. The van der Waals surface area contributed by atoms with Crippen LogP contribution in [-0.2, 0) is 19.1 Å². The number of halogens is 1. The molecule has 2 aliphatic rings. The number of benzene rings is 1. The Morgan fingerprint density at radius 3 is 2.51 bits per heavy atom. The maximum absolute atomic E-state index is 14.7. The number of esters is 1. The number of amides is 2. The number of rotatable bonds is 14. The van der Waals surface area contributed by atoms with Crippen LogP contribution < -0.4 is 14.8 Å². The van der Waals surface area contributed by atoms with Crippen molar-refractivity contribution in [3.63, 3.8) is 0 Å². The number of methoxy groups -OCH3 is 1. The highest BCUT2D eigenvalue weighted by atomic mass is 35.5. The molecule has 1 aromatic heterocycles. The lowest BCUT2D eigenvalue weighted by molar-refractivity contribution is -0.165. The summed E-state index contributed by atoms with van der Waals surface area (Å²) in [6.45, 7) is 14.9. The molecule has 2 amide bonds. The molecule has 1 saturated carbocycles. The number of carbonyl (C=O) groups excluding carboxylic acids is 3. The molecular weight excluding hydrogens is 648 g/mol. The third-order valence-electron chi connectivity index (χ3n) is 9.57. The monoisotopic (exact) mass is 700 g/mol. The first-order valence-electron chi connectivity index (χ1n) is 17.4. The van der Waals surface area contributed by atoms with Gasteiger partial charge in [-0.1, -0.05) is 50.8 Å². The molecule has 49 heavy (non-hydrogen) atoms. The lowest BCUT2D eigenvalue weighted by Crippen LogP contribution is -2.58. The van der Waals surface area contributed by atoms with E-state index < -0.39 is 47.2 Å². The summed E-state index contributed by atoms with van der Waals surface area (Å²) in [7, 11) is 1.56. The number of nitrogens with one attached hydrogen (secondary N) is 1. The van der Waals surface area contributed by atoms with Gasteiger partial charge in [-0.25, -0.2) is 19.6 Å². The summed E-state index contributed by atoms with van der Waals surface area (Å²) in [5.74, 6) is -0.768. The molecule has 1 N–H and O–H groups in total. The number of ether oxygens (including phenoxy) is 4. The first-order valence-corrected chi connectivity index (χ1v) is 17.8. The summed E-state index contributed by atoms with van der Waals surface area (Å²) < 4.78 is 23.3. The second-order valence-corrected chi connectivity index (χ2v) is 15.1. The largest absolute Gasteiger partial charge is 0.497 e. The lowest BCUT2D eigenvalue weighted by atomic mass is 9.79. The molecule has 0 radical (unpaired) electrons. The van der Waals surface area contributed by atoms with Gasteiger partial charge < -0.3 is 29.2 Å². The maximum atomic E-state index is 14.7. The number of aromatic nitrogens is 2. The SMILES string of the molecule is C=CCCCCC[C@H](C)OC(=O)N[C@H](C(=O)N1C[C@H](Oc2nc3cc(OC)ccc3nc2Cl)[C@@H](C)[C@H]1C(=O)OC(C)(C)C)C1(C)CCCC1. The molecule has 11 nitrogen and oxygen atoms in total. The Morgan fingerprint density at radius 2 is 1.86 bits per heavy atom. The Hall–Kier alpha value is -3.60. The van der Waals surface area contributed by atoms with E-state index in [1.54, 1.807) is 46.1 Å². The van der Waals surface area contributed by atoms with Gasteiger partial charge in [-0.2, -0.15) is 0 Å². The van der Waals surface area contributed by atoms with E-state index >= 15 is 0 Å². The van der Waals surface area contributed by atoms with Crippen molar-refractivity contribution in [1.29, 1.82) is 0 Å². The predicted octanol–water partition coefficient (Wildman–Crippen LogP) is 7.43. The van der Waals surface area contributed by atoms with Crippen LogP contribution in [-0.4, -0.2) is 76.4 Å². The van der Waals surface area contributed by atoms with Gasteiger partial charge >= 0.3 is 12.1 Å². The minimum atomic E-state index is -0.983. The highest BCUT2D eigenvalue weighted by molar-refractivity contribution is 6.31. The second-order valence-electron chi connectivity index (χ2n) is 14.7. The van der Waals surface area contributed by atoms with E-state index in [0.717, 1.165) is 57.8 Å². The summed E-state index contributed by atoms with van der Waals surface area (Å²) in [4.78, 5) is 52.3. The molecule has 5 atom stereocenters. The number of hydrogen-bond acceptors (Lipinski definition) is 9. The summed E-state index contributed by atoms with van der Waals surface area (Å²) in [5.41, 5.74) is -0.244. The van der Waals surface area contributed by atoms with E-state index in [2.05, 4.69) is 21.9 Å². The number of hydrogen-bond donors (Lipinski definition) is 1. The molecular formula is C37H53ClN4O7. The zero-order valence-electron chi connectivity index (χ0n) is 30.1. The zero-order valence-corrected chi connectivity index (χ0v) is 30.8. The molecule has 1 aliphatic heterocycles. The van der Waals surface area contributed by atoms with Crippen LogP contribution in [0.2, 0.25) is 5.15 Å². The van der Waals surface area contributed by atoms with Gasteiger partial charge in [0, 0.05) is 12.0 Å². The fraction of sp³-hybridized carbons (Fsp3) is 0.649. The highest BCUT2D eigenvalue weighted by Crippen LogP contribution is 2.43. The molecule has 270 valence electrons. The van der Waals surface area contributed by atoms with Crippen molar-refractivity contribution < 1.29 is 33.3 Å². The fourth-order valence-corrected chi connectivity index (χ4v) is 7.02. The van der Waals surface area contributed by atoms with Gasteiger partial charge in [0.2, 0.25) is 5.91 Å². The zero-order chi connectivity index (χ0) is 35.9. The van der Waals surface area contributed by atoms with Gasteiger partial charge in [0.1, 0.15) is 35.6 Å². The second kappa shape index (κ2) is 16.4. The van der Waals surface area contributed by atoms with E-state index in [-0.39, 0.29) is 29.6 Å². The molecule has 1 aromatic carbocycles. The Labute approximate surface area is 295 Å². The molecule has 12 heteroatoms. The van der Waals surface area contributed by atoms with Gasteiger partial charge in [-0.15, -0.1) is 6.58 Å². The summed E-state index contributed by atoms with van der Waals surface area (Å²) >= 11 is 6.53. The Bertz CT molecular complexity index is 1490. The van der Waals surface area contributed by atoms with Crippen molar-refractivity contribution in [2.75, 3.05) is 13.7 Å². The first kappa shape index (κ1) is 38.2. The number of carbonyl (C=O) groups is 3. The summed E-state index contributed by atoms with van der Waals surface area (Å²) in [6, 6.07) is 3.34. The summed E-state index contributed by atoms with van der Waals surface area (Å²) in [5, 5.41) is 2.99. The van der Waals surface area contributed by atoms with Crippen LogP contribution in [0.4, 0.5) is 4.79 Å². The standard InChI is InChI=1S/C37H53ClN4O7/c1-9-10-11-12-13-16-23(2)47-35(45)41-30(37(7)19-14-15-20-37)33(43)42-22-28(24(3)29(42)34(44)49-36(4,5)6)48-32-31(38)39-26-18-17-25(46-8)21-27(26)40-32/h9,17-18,21,23-24,28-30H,1,10-16,19-20,22H2,2-8H3,(H,41,45)/t23-,24+,28-,29-,30+/m0/s1. The van der Waals surface area contributed by atoms with Crippen molar-refractivity contribution >= 4 is 40.6 Å². The van der Waals surface area contributed by atoms with E-state index in [0.29, 0.717) is 16.8 Å². The number of unbranched alkanes of at least 4 members (excludes halogenated alkanes) is 3. The number of alkyl carbamates (subject to hydrolysis) is 1. The topological polar surface area (TPSA) is 129 Å². The number of likely N-dealkylation sites (tertiary alicyclic amines) is 1. The Kier molecular flexibility index (Phi) is 12.8. The van der Waals surface area contributed by atoms with Crippen LogP contribution in [0.3, 0.4) is 0 Å². The van der Waals surface area contributed by atoms with Crippen LogP contribution in [0.25, 0.3) is 11.0 Å². The molecule has 0 spiro atoms.